The summed E-state index contributed by atoms with van der Waals surface area (Å²) in [6.45, 7) is 7.98. The van der Waals surface area contributed by atoms with Crippen molar-refractivity contribution in [3.63, 3.8) is 0 Å². The lowest BCUT2D eigenvalue weighted by atomic mass is 9.79. The molecule has 3 aromatic rings. The number of aryl methyl sites for hydroxylation is 3. The van der Waals surface area contributed by atoms with E-state index in [9.17, 15) is 9.90 Å². The third-order valence-electron chi connectivity index (χ3n) is 5.48. The molecule has 0 radical (unpaired) electrons. The topological polar surface area (TPSA) is 77.2 Å². The first-order valence-corrected chi connectivity index (χ1v) is 9.54. The Balaban J connectivity index is 2.19. The zero-order chi connectivity index (χ0) is 20.4. The minimum atomic E-state index is -0.387. The summed E-state index contributed by atoms with van der Waals surface area (Å²) in [6.07, 6.45) is 0. The Hall–Kier alpha value is -2.73. The summed E-state index contributed by atoms with van der Waals surface area (Å²) in [6, 6.07) is 10.0. The SMILES string of the molecule is CCOC(=O)C(C)[C@H](c1ccc(C)c(CO)c1)c1ccc2c(nnn2C)c1C. The molecule has 6 nitrogen and oxygen atoms in total. The van der Waals surface area contributed by atoms with E-state index in [1.807, 2.05) is 65.1 Å². The van der Waals surface area contributed by atoms with Crippen molar-refractivity contribution in [2.45, 2.75) is 40.2 Å². The Labute approximate surface area is 165 Å². The molecule has 1 unspecified atom stereocenters. The highest BCUT2D eigenvalue weighted by molar-refractivity contribution is 5.81. The molecule has 0 aliphatic heterocycles. The van der Waals surface area contributed by atoms with E-state index in [-0.39, 0.29) is 24.4 Å². The number of ether oxygens (including phenoxy) is 1. The van der Waals surface area contributed by atoms with Gasteiger partial charge in [0.1, 0.15) is 5.52 Å². The van der Waals surface area contributed by atoms with Crippen molar-refractivity contribution in [1.29, 1.82) is 0 Å². The van der Waals surface area contributed by atoms with E-state index in [0.717, 1.165) is 38.9 Å². The second-order valence-corrected chi connectivity index (χ2v) is 7.22. The lowest BCUT2D eigenvalue weighted by Gasteiger charge is -2.26. The monoisotopic (exact) mass is 381 g/mol. The number of aliphatic hydroxyl groups is 1. The predicted molar refractivity (Wildman–Crippen MR) is 108 cm³/mol. The number of nitrogens with zero attached hydrogens (tertiary/aromatic N) is 3. The van der Waals surface area contributed by atoms with Crippen LogP contribution in [0, 0.1) is 19.8 Å². The van der Waals surface area contributed by atoms with Gasteiger partial charge in [-0.15, -0.1) is 5.10 Å². The third-order valence-corrected chi connectivity index (χ3v) is 5.48. The van der Waals surface area contributed by atoms with E-state index in [4.69, 9.17) is 4.74 Å². The fourth-order valence-electron chi connectivity index (χ4n) is 3.79. The molecule has 0 fully saturated rings. The number of hydrogen-bond acceptors (Lipinski definition) is 5. The number of aliphatic hydroxyl groups excluding tert-OH is 1. The normalized spacial score (nSPS) is 13.5. The smallest absolute Gasteiger partial charge is 0.309 e. The summed E-state index contributed by atoms with van der Waals surface area (Å²) in [4.78, 5) is 12.6. The maximum Gasteiger partial charge on any atom is 0.309 e. The van der Waals surface area contributed by atoms with E-state index in [0.29, 0.717) is 6.61 Å². The highest BCUT2D eigenvalue weighted by Gasteiger charge is 2.30. The van der Waals surface area contributed by atoms with E-state index in [2.05, 4.69) is 10.3 Å². The molecule has 6 heteroatoms. The Bertz CT molecular complexity index is 1010. The average Bonchev–Trinajstić information content (AvgIpc) is 3.06. The van der Waals surface area contributed by atoms with Gasteiger partial charge < -0.3 is 9.84 Å². The molecule has 2 aromatic carbocycles. The molecular weight excluding hydrogens is 354 g/mol. The van der Waals surface area contributed by atoms with Crippen molar-refractivity contribution in [2.75, 3.05) is 6.61 Å². The molecular formula is C22H27N3O3. The van der Waals surface area contributed by atoms with Gasteiger partial charge in [-0.2, -0.15) is 0 Å². The summed E-state index contributed by atoms with van der Waals surface area (Å²) in [5.74, 6) is -0.837. The van der Waals surface area contributed by atoms with Crippen molar-refractivity contribution in [3.05, 3.63) is 58.1 Å². The van der Waals surface area contributed by atoms with Gasteiger partial charge in [0.15, 0.2) is 0 Å². The molecule has 0 spiro atoms. The highest BCUT2D eigenvalue weighted by atomic mass is 16.5. The Morgan fingerprint density at radius 1 is 1.25 bits per heavy atom. The van der Waals surface area contributed by atoms with Crippen LogP contribution in [0.2, 0.25) is 0 Å². The standard InChI is InChI=1S/C22H27N3O3/c1-6-28-22(27)15(4)20(16-8-7-13(2)17(11-16)12-26)18-9-10-19-21(14(18)3)23-24-25(19)5/h7-11,15,20,26H,6,12H2,1-5H3/t15?,20-/m1/s1. The van der Waals surface area contributed by atoms with E-state index in [1.54, 1.807) is 4.68 Å². The number of carbonyl (C=O) groups excluding carboxylic acids is 1. The van der Waals surface area contributed by atoms with Crippen LogP contribution in [-0.2, 0) is 23.2 Å². The van der Waals surface area contributed by atoms with E-state index >= 15 is 0 Å². The minimum absolute atomic E-state index is 0.0393. The number of rotatable bonds is 6. The van der Waals surface area contributed by atoms with Crippen molar-refractivity contribution >= 4 is 17.0 Å². The lowest BCUT2D eigenvalue weighted by molar-refractivity contribution is -0.147. The van der Waals surface area contributed by atoms with Crippen LogP contribution in [0.25, 0.3) is 11.0 Å². The Kier molecular flexibility index (Phi) is 5.79. The van der Waals surface area contributed by atoms with Crippen molar-refractivity contribution in [3.8, 4) is 0 Å². The molecule has 28 heavy (non-hydrogen) atoms. The zero-order valence-corrected chi connectivity index (χ0v) is 17.1. The third kappa shape index (κ3) is 3.52. The average molecular weight is 381 g/mol. The van der Waals surface area contributed by atoms with Gasteiger partial charge in [-0.05, 0) is 54.7 Å². The van der Waals surface area contributed by atoms with Gasteiger partial charge in [-0.1, -0.05) is 36.4 Å². The summed E-state index contributed by atoms with van der Waals surface area (Å²) in [5, 5.41) is 18.1. The Morgan fingerprint density at radius 2 is 2.00 bits per heavy atom. The molecule has 3 rings (SSSR count). The molecule has 1 N–H and O–H groups in total. The minimum Gasteiger partial charge on any atom is -0.466 e. The van der Waals surface area contributed by atoms with Crippen LogP contribution < -0.4 is 0 Å². The fraction of sp³-hybridized carbons (Fsp3) is 0.409. The maximum atomic E-state index is 12.6. The van der Waals surface area contributed by atoms with Crippen LogP contribution in [-0.4, -0.2) is 32.7 Å². The molecule has 0 bridgehead atoms. The molecule has 2 atom stereocenters. The van der Waals surface area contributed by atoms with Crippen molar-refractivity contribution < 1.29 is 14.6 Å². The second-order valence-electron chi connectivity index (χ2n) is 7.22. The van der Waals surface area contributed by atoms with Crippen molar-refractivity contribution in [1.82, 2.24) is 15.0 Å². The summed E-state index contributed by atoms with van der Waals surface area (Å²) >= 11 is 0. The van der Waals surface area contributed by atoms with E-state index in [1.165, 1.54) is 0 Å². The van der Waals surface area contributed by atoms with Crippen LogP contribution in [0.3, 0.4) is 0 Å². The number of hydrogen-bond donors (Lipinski definition) is 1. The molecule has 0 amide bonds. The van der Waals surface area contributed by atoms with Crippen molar-refractivity contribution in [2.24, 2.45) is 13.0 Å². The van der Waals surface area contributed by atoms with Crippen LogP contribution in [0.15, 0.2) is 30.3 Å². The number of benzene rings is 2. The van der Waals surface area contributed by atoms with Gasteiger partial charge >= 0.3 is 5.97 Å². The number of aromatic nitrogens is 3. The molecule has 1 heterocycles. The molecule has 148 valence electrons. The van der Waals surface area contributed by atoms with Gasteiger partial charge in [0.05, 0.1) is 24.6 Å². The summed E-state index contributed by atoms with van der Waals surface area (Å²) in [5.41, 5.74) is 6.65. The zero-order valence-electron chi connectivity index (χ0n) is 17.1. The fourth-order valence-corrected chi connectivity index (χ4v) is 3.79. The Morgan fingerprint density at radius 3 is 2.68 bits per heavy atom. The maximum absolute atomic E-state index is 12.6. The lowest BCUT2D eigenvalue weighted by Crippen LogP contribution is -2.23. The number of fused-ring (bicyclic) bond motifs is 1. The molecule has 1 aromatic heterocycles. The van der Waals surface area contributed by atoms with Gasteiger partial charge in [-0.25, -0.2) is 4.68 Å². The number of esters is 1. The van der Waals surface area contributed by atoms with Gasteiger partial charge in [0.2, 0.25) is 0 Å². The first kappa shape index (κ1) is 20.0. The van der Waals surface area contributed by atoms with E-state index < -0.39 is 0 Å². The second kappa shape index (κ2) is 8.10. The quantitative estimate of drug-likeness (QED) is 0.662. The molecule has 0 saturated heterocycles. The summed E-state index contributed by atoms with van der Waals surface area (Å²) in [7, 11) is 1.86. The van der Waals surface area contributed by atoms with Crippen LogP contribution >= 0.6 is 0 Å². The number of carbonyl (C=O) groups is 1. The van der Waals surface area contributed by atoms with Gasteiger partial charge in [0, 0.05) is 13.0 Å². The van der Waals surface area contributed by atoms with Crippen LogP contribution in [0.1, 0.15) is 47.6 Å². The summed E-state index contributed by atoms with van der Waals surface area (Å²) < 4.78 is 7.06. The molecule has 0 aliphatic rings. The highest BCUT2D eigenvalue weighted by Crippen LogP contribution is 2.37. The van der Waals surface area contributed by atoms with Crippen LogP contribution in [0.4, 0.5) is 0 Å². The van der Waals surface area contributed by atoms with Gasteiger partial charge in [-0.3, -0.25) is 4.79 Å². The van der Waals surface area contributed by atoms with Gasteiger partial charge in [0.25, 0.3) is 0 Å². The first-order valence-electron chi connectivity index (χ1n) is 9.54. The predicted octanol–water partition coefficient (Wildman–Crippen LogP) is 3.41. The molecule has 0 aliphatic carbocycles. The van der Waals surface area contributed by atoms with Crippen LogP contribution in [0.5, 0.6) is 0 Å². The molecule has 0 saturated carbocycles. The largest absolute Gasteiger partial charge is 0.466 e. The first-order chi connectivity index (χ1) is 13.4.